The first-order valence-corrected chi connectivity index (χ1v) is 8.97. The minimum absolute atomic E-state index is 0.0259. The molecule has 8 heteroatoms. The Bertz CT molecular complexity index is 661. The number of fused-ring (bicyclic) bond motifs is 2. The summed E-state index contributed by atoms with van der Waals surface area (Å²) in [6.07, 6.45) is 2.11. The predicted molar refractivity (Wildman–Crippen MR) is 85.4 cm³/mol. The number of nitrogens with zero attached hydrogens (tertiary/aromatic N) is 2. The van der Waals surface area contributed by atoms with Crippen molar-refractivity contribution < 1.29 is 14.4 Å². The van der Waals surface area contributed by atoms with E-state index >= 15 is 0 Å². The van der Waals surface area contributed by atoms with Crippen LogP contribution in [-0.2, 0) is 9.59 Å². The van der Waals surface area contributed by atoms with Gasteiger partial charge in [-0.3, -0.25) is 14.4 Å². The maximum Gasteiger partial charge on any atom is 0.263 e. The number of rotatable bonds is 2. The summed E-state index contributed by atoms with van der Waals surface area (Å²) in [7, 11) is 0. The Hall–Kier alpha value is -1.60. The fraction of sp³-hybridized carbons (Fsp3) is 0.533. The van der Waals surface area contributed by atoms with Crippen molar-refractivity contribution in [3.05, 3.63) is 21.3 Å². The topological polar surface area (TPSA) is 69.7 Å². The zero-order valence-corrected chi connectivity index (χ0v) is 13.9. The van der Waals surface area contributed by atoms with Crippen molar-refractivity contribution in [2.45, 2.75) is 37.4 Å². The molecule has 3 fully saturated rings. The van der Waals surface area contributed by atoms with Gasteiger partial charge in [-0.1, -0.05) is 11.6 Å². The van der Waals surface area contributed by atoms with Gasteiger partial charge in [-0.25, -0.2) is 0 Å². The van der Waals surface area contributed by atoms with Gasteiger partial charge in [0.25, 0.3) is 5.91 Å². The number of halogens is 1. The summed E-state index contributed by atoms with van der Waals surface area (Å²) in [6.45, 7) is 1.07. The minimum Gasteiger partial charge on any atom is -0.347 e. The van der Waals surface area contributed by atoms with E-state index in [0.29, 0.717) is 29.4 Å². The Morgan fingerprint density at radius 3 is 2.78 bits per heavy atom. The summed E-state index contributed by atoms with van der Waals surface area (Å²) < 4.78 is 0. The van der Waals surface area contributed by atoms with Gasteiger partial charge in [0.05, 0.1) is 5.02 Å². The van der Waals surface area contributed by atoms with Crippen LogP contribution in [0.5, 0.6) is 0 Å². The fourth-order valence-corrected chi connectivity index (χ4v) is 4.84. The van der Waals surface area contributed by atoms with Crippen LogP contribution in [0.1, 0.15) is 28.9 Å². The summed E-state index contributed by atoms with van der Waals surface area (Å²) in [5.41, 5.74) is 0. The molecule has 4 heterocycles. The molecule has 0 radical (unpaired) electrons. The van der Waals surface area contributed by atoms with Crippen LogP contribution in [-0.4, -0.2) is 58.7 Å². The standard InChI is InChI=1S/C15H16ClN3O3S/c16-9-3-5-23-12(9)13(20)17-8-6-11-15(22)18-4-1-2-10(18)14(21)19(11)7-8/h3,5,8,10-11H,1-2,4,6-7H2,(H,17,20)/t8-,10+,11-/m0/s1. The first kappa shape index (κ1) is 15.0. The van der Waals surface area contributed by atoms with Gasteiger partial charge < -0.3 is 15.1 Å². The summed E-state index contributed by atoms with van der Waals surface area (Å²) in [5.74, 6) is -0.189. The Morgan fingerprint density at radius 2 is 2.04 bits per heavy atom. The van der Waals surface area contributed by atoms with Gasteiger partial charge in [-0.05, 0) is 30.7 Å². The van der Waals surface area contributed by atoms with Crippen molar-refractivity contribution in [1.82, 2.24) is 15.1 Å². The number of amides is 3. The van der Waals surface area contributed by atoms with Crippen molar-refractivity contribution >= 4 is 40.7 Å². The van der Waals surface area contributed by atoms with Crippen molar-refractivity contribution in [3.8, 4) is 0 Å². The second kappa shape index (κ2) is 5.49. The van der Waals surface area contributed by atoms with Gasteiger partial charge >= 0.3 is 0 Å². The highest BCUT2D eigenvalue weighted by Crippen LogP contribution is 2.32. The molecule has 0 spiro atoms. The molecule has 1 N–H and O–H groups in total. The van der Waals surface area contributed by atoms with Crippen LogP contribution < -0.4 is 5.32 Å². The molecule has 6 nitrogen and oxygen atoms in total. The van der Waals surface area contributed by atoms with Gasteiger partial charge in [-0.2, -0.15) is 0 Å². The van der Waals surface area contributed by atoms with E-state index in [1.165, 1.54) is 11.3 Å². The van der Waals surface area contributed by atoms with Crippen LogP contribution in [0.3, 0.4) is 0 Å². The van der Waals surface area contributed by atoms with E-state index in [2.05, 4.69) is 5.32 Å². The first-order valence-electron chi connectivity index (χ1n) is 7.71. The molecule has 3 saturated heterocycles. The molecule has 0 bridgehead atoms. The van der Waals surface area contributed by atoms with Gasteiger partial charge in [0.2, 0.25) is 11.8 Å². The number of thiophene rings is 1. The van der Waals surface area contributed by atoms with Crippen LogP contribution in [0.15, 0.2) is 11.4 Å². The number of carbonyl (C=O) groups excluding carboxylic acids is 3. The molecule has 3 aliphatic heterocycles. The molecule has 0 saturated carbocycles. The Labute approximate surface area is 142 Å². The maximum absolute atomic E-state index is 12.5. The molecule has 0 unspecified atom stereocenters. The summed E-state index contributed by atoms with van der Waals surface area (Å²) in [6, 6.07) is 0.750. The van der Waals surface area contributed by atoms with Crippen LogP contribution in [0.4, 0.5) is 0 Å². The average Bonchev–Trinajstić information content (AvgIpc) is 3.23. The molecule has 1 aromatic heterocycles. The van der Waals surface area contributed by atoms with E-state index < -0.39 is 6.04 Å². The molecule has 3 atom stereocenters. The fourth-order valence-electron chi connectivity index (χ4n) is 3.79. The molecule has 0 aromatic carbocycles. The molecule has 1 aromatic rings. The van der Waals surface area contributed by atoms with Gasteiger partial charge in [0, 0.05) is 19.1 Å². The van der Waals surface area contributed by atoms with Crippen LogP contribution >= 0.6 is 22.9 Å². The third-order valence-corrected chi connectivity index (χ3v) is 6.19. The lowest BCUT2D eigenvalue weighted by Gasteiger charge is -2.38. The van der Waals surface area contributed by atoms with Gasteiger partial charge in [0.1, 0.15) is 17.0 Å². The number of nitrogens with one attached hydrogen (secondary N) is 1. The Morgan fingerprint density at radius 1 is 1.26 bits per heavy atom. The summed E-state index contributed by atoms with van der Waals surface area (Å²) in [4.78, 5) is 41.2. The van der Waals surface area contributed by atoms with Crippen LogP contribution in [0.2, 0.25) is 5.02 Å². The number of hydrogen-bond acceptors (Lipinski definition) is 4. The minimum atomic E-state index is -0.430. The molecule has 23 heavy (non-hydrogen) atoms. The van der Waals surface area contributed by atoms with E-state index in [1.807, 2.05) is 0 Å². The summed E-state index contributed by atoms with van der Waals surface area (Å²) >= 11 is 7.26. The lowest BCUT2D eigenvalue weighted by molar-refractivity contribution is -0.156. The highest BCUT2D eigenvalue weighted by Gasteiger charge is 2.51. The second-order valence-electron chi connectivity index (χ2n) is 6.20. The normalized spacial score (nSPS) is 29.7. The van der Waals surface area contributed by atoms with Crippen LogP contribution in [0.25, 0.3) is 0 Å². The van der Waals surface area contributed by atoms with Gasteiger partial charge in [0.15, 0.2) is 0 Å². The number of carbonyl (C=O) groups is 3. The second-order valence-corrected chi connectivity index (χ2v) is 7.52. The lowest BCUT2D eigenvalue weighted by Crippen LogP contribution is -2.60. The highest BCUT2D eigenvalue weighted by molar-refractivity contribution is 7.12. The van der Waals surface area contributed by atoms with Gasteiger partial charge in [-0.15, -0.1) is 11.3 Å². The summed E-state index contributed by atoms with van der Waals surface area (Å²) in [5, 5.41) is 5.10. The highest BCUT2D eigenvalue weighted by atomic mass is 35.5. The lowest BCUT2D eigenvalue weighted by atomic mass is 10.1. The third kappa shape index (κ3) is 2.33. The molecule has 122 valence electrons. The quantitative estimate of drug-likeness (QED) is 0.865. The number of hydrogen-bond donors (Lipinski definition) is 1. The third-order valence-electron chi connectivity index (χ3n) is 4.85. The van der Waals surface area contributed by atoms with Crippen molar-refractivity contribution in [1.29, 1.82) is 0 Å². The molecule has 3 amide bonds. The van der Waals surface area contributed by atoms with Crippen molar-refractivity contribution in [2.75, 3.05) is 13.1 Å². The van der Waals surface area contributed by atoms with Crippen molar-refractivity contribution in [2.24, 2.45) is 0 Å². The number of piperazine rings is 1. The predicted octanol–water partition coefficient (Wildman–Crippen LogP) is 1.11. The molecular weight excluding hydrogens is 338 g/mol. The van der Waals surface area contributed by atoms with E-state index in [9.17, 15) is 14.4 Å². The average molecular weight is 354 g/mol. The largest absolute Gasteiger partial charge is 0.347 e. The Balaban J connectivity index is 1.48. The zero-order chi connectivity index (χ0) is 16.1. The monoisotopic (exact) mass is 353 g/mol. The SMILES string of the molecule is O=C(N[C@H]1C[C@H]2C(=O)N3CCC[C@@H]3C(=O)N2C1)c1sccc1Cl. The molecular formula is C15H16ClN3O3S. The first-order chi connectivity index (χ1) is 11.1. The molecule has 0 aliphatic carbocycles. The van der Waals surface area contributed by atoms with Crippen molar-refractivity contribution in [3.63, 3.8) is 0 Å². The van der Waals surface area contributed by atoms with E-state index in [4.69, 9.17) is 11.6 Å². The zero-order valence-electron chi connectivity index (χ0n) is 12.3. The molecule has 4 rings (SSSR count). The molecule has 3 aliphatic rings. The Kier molecular flexibility index (Phi) is 3.57. The van der Waals surface area contributed by atoms with E-state index in [-0.39, 0.29) is 29.8 Å². The smallest absolute Gasteiger partial charge is 0.263 e. The maximum atomic E-state index is 12.5. The van der Waals surface area contributed by atoms with Crippen LogP contribution in [0, 0.1) is 0 Å². The van der Waals surface area contributed by atoms with E-state index in [0.717, 1.165) is 12.8 Å². The van der Waals surface area contributed by atoms with E-state index in [1.54, 1.807) is 21.2 Å².